The number of hydrogen-bond donors (Lipinski definition) is 1. The molecule has 0 unspecified atom stereocenters. The second-order valence-electron chi connectivity index (χ2n) is 10.1. The predicted octanol–water partition coefficient (Wildman–Crippen LogP) is 7.92. The van der Waals surface area contributed by atoms with E-state index < -0.39 is 0 Å². The lowest BCUT2D eigenvalue weighted by atomic mass is 9.97. The number of benzene rings is 4. The lowest BCUT2D eigenvalue weighted by Crippen LogP contribution is -2.24. The number of halogens is 1. The molecule has 6 nitrogen and oxygen atoms in total. The van der Waals surface area contributed by atoms with Crippen molar-refractivity contribution in [1.29, 1.82) is 0 Å². The van der Waals surface area contributed by atoms with E-state index in [1.54, 1.807) is 6.07 Å². The zero-order valence-electron chi connectivity index (χ0n) is 23.1. The van der Waals surface area contributed by atoms with E-state index in [0.29, 0.717) is 16.3 Å². The Morgan fingerprint density at radius 1 is 0.857 bits per heavy atom. The third-order valence-electron chi connectivity index (χ3n) is 6.91. The van der Waals surface area contributed by atoms with Gasteiger partial charge in [-0.2, -0.15) is 5.10 Å². The summed E-state index contributed by atoms with van der Waals surface area (Å²) in [6.07, 6.45) is 1.51. The van der Waals surface area contributed by atoms with Crippen LogP contribution in [0.4, 0.5) is 0 Å². The van der Waals surface area contributed by atoms with Crippen LogP contribution >= 0.6 is 11.6 Å². The van der Waals surface area contributed by atoms with Crippen LogP contribution in [0.25, 0.3) is 44.2 Å². The highest BCUT2D eigenvalue weighted by Gasteiger charge is 2.11. The van der Waals surface area contributed by atoms with E-state index in [1.165, 1.54) is 11.8 Å². The quantitative estimate of drug-likeness (QED) is 0.156. The summed E-state index contributed by atoms with van der Waals surface area (Å²) in [5.41, 5.74) is 11.1. The van der Waals surface area contributed by atoms with Crippen molar-refractivity contribution in [2.45, 2.75) is 13.8 Å². The number of rotatable bonds is 7. The Bertz CT molecular complexity index is 1960. The van der Waals surface area contributed by atoms with Crippen LogP contribution in [0.1, 0.15) is 16.8 Å². The molecule has 6 rings (SSSR count). The summed E-state index contributed by atoms with van der Waals surface area (Å²) < 4.78 is 5.69. The molecule has 0 atom stereocenters. The molecule has 0 aliphatic carbocycles. The van der Waals surface area contributed by atoms with Crippen molar-refractivity contribution in [3.05, 3.63) is 125 Å². The lowest BCUT2D eigenvalue weighted by molar-refractivity contribution is -0.123. The van der Waals surface area contributed by atoms with Crippen LogP contribution in [0, 0.1) is 13.8 Å². The van der Waals surface area contributed by atoms with Crippen LogP contribution in [0.5, 0.6) is 5.75 Å². The van der Waals surface area contributed by atoms with Gasteiger partial charge in [-0.1, -0.05) is 59.6 Å². The summed E-state index contributed by atoms with van der Waals surface area (Å²) in [6, 6.07) is 33.9. The number of nitrogens with zero attached hydrogens (tertiary/aromatic N) is 3. The summed E-state index contributed by atoms with van der Waals surface area (Å²) in [7, 11) is 0. The van der Waals surface area contributed by atoms with Gasteiger partial charge in [0.05, 0.1) is 28.0 Å². The fraction of sp³-hybridized carbons (Fsp3) is 0.0857. The van der Waals surface area contributed by atoms with Gasteiger partial charge in [-0.25, -0.2) is 10.4 Å². The molecular formula is C35H27ClN4O2. The van der Waals surface area contributed by atoms with Gasteiger partial charge in [0.1, 0.15) is 5.75 Å². The van der Waals surface area contributed by atoms with Crippen molar-refractivity contribution < 1.29 is 9.53 Å². The van der Waals surface area contributed by atoms with Crippen LogP contribution in [0.15, 0.2) is 108 Å². The third kappa shape index (κ3) is 5.99. The molecule has 0 aliphatic heterocycles. The molecule has 1 N–H and O–H groups in total. The Labute approximate surface area is 248 Å². The highest BCUT2D eigenvalue weighted by Crippen LogP contribution is 2.33. The van der Waals surface area contributed by atoms with Crippen molar-refractivity contribution in [2.24, 2.45) is 5.10 Å². The lowest BCUT2D eigenvalue weighted by Gasteiger charge is -2.12. The highest BCUT2D eigenvalue weighted by molar-refractivity contribution is 6.33. The summed E-state index contributed by atoms with van der Waals surface area (Å²) in [5.74, 6) is 0.182. The van der Waals surface area contributed by atoms with E-state index in [1.807, 2.05) is 67.6 Å². The average Bonchev–Trinajstić information content (AvgIpc) is 3.00. The molecule has 0 bridgehead atoms. The van der Waals surface area contributed by atoms with Gasteiger partial charge in [-0.3, -0.25) is 9.78 Å². The molecular weight excluding hydrogens is 544 g/mol. The summed E-state index contributed by atoms with van der Waals surface area (Å²) in [6.45, 7) is 3.84. The Hall–Kier alpha value is -5.07. The van der Waals surface area contributed by atoms with E-state index in [2.05, 4.69) is 58.8 Å². The van der Waals surface area contributed by atoms with Crippen molar-refractivity contribution in [3.63, 3.8) is 0 Å². The highest BCUT2D eigenvalue weighted by atomic mass is 35.5. The minimum Gasteiger partial charge on any atom is -0.484 e. The number of carbonyl (C=O) groups is 1. The molecule has 206 valence electrons. The number of carbonyl (C=O) groups excluding carboxylic acids is 1. The van der Waals surface area contributed by atoms with E-state index in [9.17, 15) is 4.79 Å². The summed E-state index contributed by atoms with van der Waals surface area (Å²) in [4.78, 5) is 21.8. The van der Waals surface area contributed by atoms with Crippen molar-refractivity contribution in [2.75, 3.05) is 6.61 Å². The number of aryl methyl sites for hydroxylation is 2. The maximum Gasteiger partial charge on any atom is 0.277 e. The molecule has 6 aromatic rings. The maximum absolute atomic E-state index is 12.3. The molecule has 4 aromatic carbocycles. The van der Waals surface area contributed by atoms with Gasteiger partial charge in [-0.05, 0) is 85.6 Å². The van der Waals surface area contributed by atoms with E-state index >= 15 is 0 Å². The number of nitrogens with one attached hydrogen (secondary N) is 1. The molecule has 1 amide bonds. The van der Waals surface area contributed by atoms with Crippen LogP contribution in [-0.2, 0) is 4.79 Å². The molecule has 7 heteroatoms. The summed E-state index contributed by atoms with van der Waals surface area (Å²) >= 11 is 6.37. The molecule has 2 aromatic heterocycles. The molecule has 0 saturated carbocycles. The van der Waals surface area contributed by atoms with Crippen LogP contribution in [0.3, 0.4) is 0 Å². The topological polar surface area (TPSA) is 76.5 Å². The number of pyridine rings is 2. The fourth-order valence-corrected chi connectivity index (χ4v) is 4.99. The van der Waals surface area contributed by atoms with Crippen LogP contribution < -0.4 is 10.2 Å². The SMILES string of the molecule is Cc1ccc2nc(-c3ccc(OCC(=O)NN=Cc4cc5ccc(C)nc5cc4Cl)cc3)cc(-c3ccccc3)c2c1. The first-order chi connectivity index (χ1) is 20.4. The van der Waals surface area contributed by atoms with Crippen molar-refractivity contribution >= 4 is 45.5 Å². The maximum atomic E-state index is 12.3. The van der Waals surface area contributed by atoms with Gasteiger partial charge in [-0.15, -0.1) is 0 Å². The predicted molar refractivity (Wildman–Crippen MR) is 170 cm³/mol. The van der Waals surface area contributed by atoms with Gasteiger partial charge in [0, 0.05) is 27.6 Å². The van der Waals surface area contributed by atoms with Gasteiger partial charge in [0.25, 0.3) is 5.91 Å². The van der Waals surface area contributed by atoms with Crippen molar-refractivity contribution in [3.8, 4) is 28.1 Å². The molecule has 0 aliphatic rings. The monoisotopic (exact) mass is 570 g/mol. The Balaban J connectivity index is 1.12. The van der Waals surface area contributed by atoms with Gasteiger partial charge in [0.2, 0.25) is 0 Å². The van der Waals surface area contributed by atoms with E-state index in [0.717, 1.165) is 49.9 Å². The first-order valence-corrected chi connectivity index (χ1v) is 13.9. The normalized spacial score (nSPS) is 11.3. The average molecular weight is 571 g/mol. The summed E-state index contributed by atoms with van der Waals surface area (Å²) in [5, 5.41) is 6.60. The second-order valence-corrected chi connectivity index (χ2v) is 10.5. The molecule has 42 heavy (non-hydrogen) atoms. The Morgan fingerprint density at radius 3 is 2.48 bits per heavy atom. The van der Waals surface area contributed by atoms with Crippen molar-refractivity contribution in [1.82, 2.24) is 15.4 Å². The fourth-order valence-electron chi connectivity index (χ4n) is 4.78. The number of ether oxygens (including phenoxy) is 1. The Morgan fingerprint density at radius 2 is 1.67 bits per heavy atom. The Kier molecular flexibility index (Phi) is 7.62. The van der Waals surface area contributed by atoms with Crippen LogP contribution in [0.2, 0.25) is 5.02 Å². The number of fused-ring (bicyclic) bond motifs is 2. The van der Waals surface area contributed by atoms with E-state index in [4.69, 9.17) is 21.3 Å². The second kappa shape index (κ2) is 11.8. The molecule has 0 saturated heterocycles. The van der Waals surface area contributed by atoms with Crippen LogP contribution in [-0.4, -0.2) is 28.7 Å². The molecule has 0 spiro atoms. The number of hydrazone groups is 1. The van der Waals surface area contributed by atoms with Gasteiger partial charge in [0.15, 0.2) is 6.61 Å². The minimum absolute atomic E-state index is 0.183. The molecule has 2 heterocycles. The number of aromatic nitrogens is 2. The largest absolute Gasteiger partial charge is 0.484 e. The van der Waals surface area contributed by atoms with Gasteiger partial charge >= 0.3 is 0 Å². The third-order valence-corrected chi connectivity index (χ3v) is 7.24. The first-order valence-electron chi connectivity index (χ1n) is 13.5. The van der Waals surface area contributed by atoms with E-state index in [-0.39, 0.29) is 12.5 Å². The first kappa shape index (κ1) is 27.1. The number of amides is 1. The molecule has 0 radical (unpaired) electrons. The number of hydrogen-bond acceptors (Lipinski definition) is 5. The van der Waals surface area contributed by atoms with Gasteiger partial charge < -0.3 is 4.74 Å². The molecule has 0 fully saturated rings. The zero-order valence-corrected chi connectivity index (χ0v) is 23.9. The minimum atomic E-state index is -0.386. The standard InChI is InChI=1S/C35H27ClN4O2/c1-22-8-15-32-30(16-22)29(24-6-4-3-5-7-24)18-33(39-32)25-11-13-28(14-12-25)42-21-35(41)40-37-20-27-17-26-10-9-23(2)38-34(26)19-31(27)36/h3-20H,21H2,1-2H3,(H,40,41). The zero-order chi connectivity index (χ0) is 29.1. The smallest absolute Gasteiger partial charge is 0.277 e.